The second-order valence-corrected chi connectivity index (χ2v) is 6.44. The van der Waals surface area contributed by atoms with E-state index in [1.54, 1.807) is 6.92 Å². The lowest BCUT2D eigenvalue weighted by Crippen LogP contribution is -2.33. The van der Waals surface area contributed by atoms with Crippen LogP contribution >= 0.6 is 0 Å². The summed E-state index contributed by atoms with van der Waals surface area (Å²) in [6, 6.07) is 19.5. The van der Waals surface area contributed by atoms with E-state index >= 15 is 0 Å². The molecule has 0 aliphatic rings. The van der Waals surface area contributed by atoms with Gasteiger partial charge >= 0.3 is 11.8 Å². The minimum atomic E-state index is -0.810. The fourth-order valence-corrected chi connectivity index (χ4v) is 2.84. The smallest absolute Gasteiger partial charge is 0.317 e. The van der Waals surface area contributed by atoms with E-state index in [2.05, 4.69) is 15.8 Å². The number of fused-ring (bicyclic) bond motifs is 1. The van der Waals surface area contributed by atoms with Gasteiger partial charge in [-0.15, -0.1) is 0 Å². The fraction of sp³-hybridized carbons (Fsp3) is 0.136. The molecule has 0 spiro atoms. The first-order valence-electron chi connectivity index (χ1n) is 8.66. The van der Waals surface area contributed by atoms with Crippen molar-refractivity contribution >= 4 is 34.0 Å². The van der Waals surface area contributed by atoms with Crippen molar-refractivity contribution in [1.82, 2.24) is 5.43 Å². The minimum Gasteiger partial charge on any atom is -0.317 e. The summed E-state index contributed by atoms with van der Waals surface area (Å²) >= 11 is 0. The number of anilines is 1. The molecule has 0 heterocycles. The van der Waals surface area contributed by atoms with Crippen molar-refractivity contribution in [2.45, 2.75) is 20.8 Å². The molecule has 2 amide bonds. The summed E-state index contributed by atoms with van der Waals surface area (Å²) in [5.74, 6) is -1.56. The number of carbonyl (C=O) groups excluding carboxylic acids is 2. The van der Waals surface area contributed by atoms with Crippen molar-refractivity contribution in [2.24, 2.45) is 5.10 Å². The Hall–Kier alpha value is -3.47. The molecule has 2 N–H and O–H groups in total. The van der Waals surface area contributed by atoms with Crippen molar-refractivity contribution in [3.05, 3.63) is 77.4 Å². The molecule has 5 heteroatoms. The van der Waals surface area contributed by atoms with Gasteiger partial charge in [0.2, 0.25) is 0 Å². The van der Waals surface area contributed by atoms with E-state index in [1.807, 2.05) is 74.5 Å². The maximum absolute atomic E-state index is 12.1. The van der Waals surface area contributed by atoms with Crippen LogP contribution in [0.25, 0.3) is 10.8 Å². The van der Waals surface area contributed by atoms with E-state index < -0.39 is 11.8 Å². The van der Waals surface area contributed by atoms with Gasteiger partial charge in [-0.3, -0.25) is 9.59 Å². The highest BCUT2D eigenvalue weighted by molar-refractivity contribution is 6.39. The first kappa shape index (κ1) is 18.3. The van der Waals surface area contributed by atoms with Crippen LogP contribution in [0.15, 0.2) is 65.8 Å². The molecule has 5 nitrogen and oxygen atoms in total. The largest absolute Gasteiger partial charge is 0.329 e. The molecule has 0 aliphatic carbocycles. The quantitative estimate of drug-likeness (QED) is 0.422. The van der Waals surface area contributed by atoms with Gasteiger partial charge in [0.15, 0.2) is 0 Å². The molecule has 0 unspecified atom stereocenters. The third-order valence-corrected chi connectivity index (χ3v) is 4.35. The van der Waals surface area contributed by atoms with Crippen LogP contribution in [0.5, 0.6) is 0 Å². The normalized spacial score (nSPS) is 11.3. The van der Waals surface area contributed by atoms with Gasteiger partial charge in [-0.2, -0.15) is 5.10 Å². The number of amides is 2. The molecular weight excluding hydrogens is 338 g/mol. The summed E-state index contributed by atoms with van der Waals surface area (Å²) < 4.78 is 0. The lowest BCUT2D eigenvalue weighted by atomic mass is 10.0. The molecule has 0 atom stereocenters. The van der Waals surface area contributed by atoms with Crippen LogP contribution in [0.3, 0.4) is 0 Å². The number of aryl methyl sites for hydroxylation is 2. The van der Waals surface area contributed by atoms with E-state index in [4.69, 9.17) is 0 Å². The van der Waals surface area contributed by atoms with Gasteiger partial charge in [0.05, 0.1) is 5.71 Å². The van der Waals surface area contributed by atoms with Crippen LogP contribution in [0.4, 0.5) is 5.69 Å². The SMILES string of the molecule is C/C(=N\NC(=O)C(=O)Nc1cc(C)ccc1C)c1cccc2ccccc12. The van der Waals surface area contributed by atoms with Gasteiger partial charge in [-0.25, -0.2) is 5.43 Å². The van der Waals surface area contributed by atoms with Crippen LogP contribution in [0, 0.1) is 13.8 Å². The second kappa shape index (κ2) is 7.83. The maximum Gasteiger partial charge on any atom is 0.329 e. The average molecular weight is 359 g/mol. The number of nitrogens with one attached hydrogen (secondary N) is 2. The van der Waals surface area contributed by atoms with Gasteiger partial charge in [0, 0.05) is 11.3 Å². The Kier molecular flexibility index (Phi) is 5.31. The third-order valence-electron chi connectivity index (χ3n) is 4.35. The number of rotatable bonds is 3. The van der Waals surface area contributed by atoms with Crippen molar-refractivity contribution in [1.29, 1.82) is 0 Å². The highest BCUT2D eigenvalue weighted by atomic mass is 16.2. The molecule has 27 heavy (non-hydrogen) atoms. The number of hydrogen-bond donors (Lipinski definition) is 2. The predicted octanol–water partition coefficient (Wildman–Crippen LogP) is 3.94. The lowest BCUT2D eigenvalue weighted by Gasteiger charge is -2.09. The number of carbonyl (C=O) groups is 2. The first-order valence-corrected chi connectivity index (χ1v) is 8.66. The van der Waals surface area contributed by atoms with Crippen LogP contribution < -0.4 is 10.7 Å². The van der Waals surface area contributed by atoms with E-state index in [1.165, 1.54) is 0 Å². The second-order valence-electron chi connectivity index (χ2n) is 6.44. The summed E-state index contributed by atoms with van der Waals surface area (Å²) in [5, 5.41) is 8.85. The summed E-state index contributed by atoms with van der Waals surface area (Å²) in [4.78, 5) is 24.3. The summed E-state index contributed by atoms with van der Waals surface area (Å²) in [6.45, 7) is 5.59. The molecule has 3 aromatic carbocycles. The molecule has 0 radical (unpaired) electrons. The molecule has 0 fully saturated rings. The van der Waals surface area contributed by atoms with Crippen molar-refractivity contribution < 1.29 is 9.59 Å². The summed E-state index contributed by atoms with van der Waals surface area (Å²) in [6.07, 6.45) is 0. The molecule has 0 aromatic heterocycles. The Balaban J connectivity index is 1.73. The van der Waals surface area contributed by atoms with E-state index in [0.717, 1.165) is 27.5 Å². The maximum atomic E-state index is 12.1. The Morgan fingerprint density at radius 3 is 2.44 bits per heavy atom. The Bertz CT molecular complexity index is 1050. The zero-order valence-corrected chi connectivity index (χ0v) is 15.5. The van der Waals surface area contributed by atoms with Crippen molar-refractivity contribution in [3.63, 3.8) is 0 Å². The van der Waals surface area contributed by atoms with E-state index in [9.17, 15) is 9.59 Å². The average Bonchev–Trinajstić information content (AvgIpc) is 2.68. The van der Waals surface area contributed by atoms with Gasteiger partial charge in [-0.1, -0.05) is 54.6 Å². The minimum absolute atomic E-state index is 0.616. The number of hydrazone groups is 1. The summed E-state index contributed by atoms with van der Waals surface area (Å²) in [7, 11) is 0. The fourth-order valence-electron chi connectivity index (χ4n) is 2.84. The molecule has 3 rings (SSSR count). The van der Waals surface area contributed by atoms with Crippen LogP contribution in [0.2, 0.25) is 0 Å². The molecule has 0 saturated carbocycles. The van der Waals surface area contributed by atoms with Gasteiger partial charge < -0.3 is 5.32 Å². The summed E-state index contributed by atoms with van der Waals surface area (Å²) in [5.41, 5.74) is 6.37. The van der Waals surface area contributed by atoms with Crippen LogP contribution in [-0.4, -0.2) is 17.5 Å². The molecule has 3 aromatic rings. The highest BCUT2D eigenvalue weighted by Gasteiger charge is 2.14. The topological polar surface area (TPSA) is 70.6 Å². The Morgan fingerprint density at radius 2 is 1.63 bits per heavy atom. The zero-order valence-electron chi connectivity index (χ0n) is 15.5. The third kappa shape index (κ3) is 4.20. The zero-order chi connectivity index (χ0) is 19.4. The van der Waals surface area contributed by atoms with Gasteiger partial charge in [0.25, 0.3) is 0 Å². The standard InChI is InChI=1S/C22H21N3O2/c1-14-11-12-15(2)20(13-14)23-21(26)22(27)25-24-16(3)18-10-6-8-17-7-4-5-9-19(17)18/h4-13H,1-3H3,(H,23,26)(H,25,27)/b24-16+. The number of nitrogens with zero attached hydrogens (tertiary/aromatic N) is 1. The first-order chi connectivity index (χ1) is 13.0. The molecular formula is C22H21N3O2. The van der Waals surface area contributed by atoms with E-state index in [0.29, 0.717) is 11.4 Å². The van der Waals surface area contributed by atoms with Crippen LogP contribution in [0.1, 0.15) is 23.6 Å². The lowest BCUT2D eigenvalue weighted by molar-refractivity contribution is -0.136. The van der Waals surface area contributed by atoms with Crippen molar-refractivity contribution in [2.75, 3.05) is 5.32 Å². The molecule has 0 bridgehead atoms. The Morgan fingerprint density at radius 1 is 0.889 bits per heavy atom. The van der Waals surface area contributed by atoms with Gasteiger partial charge in [-0.05, 0) is 48.7 Å². The van der Waals surface area contributed by atoms with Crippen molar-refractivity contribution in [3.8, 4) is 0 Å². The molecule has 0 saturated heterocycles. The molecule has 0 aliphatic heterocycles. The van der Waals surface area contributed by atoms with Gasteiger partial charge in [0.1, 0.15) is 0 Å². The Labute approximate surface area is 158 Å². The number of benzene rings is 3. The van der Waals surface area contributed by atoms with Crippen LogP contribution in [-0.2, 0) is 9.59 Å². The monoisotopic (exact) mass is 359 g/mol. The number of hydrogen-bond acceptors (Lipinski definition) is 3. The predicted molar refractivity (Wildman–Crippen MR) is 109 cm³/mol. The van der Waals surface area contributed by atoms with E-state index in [-0.39, 0.29) is 0 Å². The highest BCUT2D eigenvalue weighted by Crippen LogP contribution is 2.19. The molecule has 136 valence electrons.